The Labute approximate surface area is 110 Å². The van der Waals surface area contributed by atoms with E-state index in [-0.39, 0.29) is 12.6 Å². The molecule has 0 amide bonds. The lowest BCUT2D eigenvalue weighted by Crippen LogP contribution is -2.43. The molecule has 0 radical (unpaired) electrons. The van der Waals surface area contributed by atoms with E-state index in [0.29, 0.717) is 13.2 Å². The van der Waals surface area contributed by atoms with Crippen LogP contribution in [0.1, 0.15) is 20.3 Å². The largest absolute Gasteiger partial charge is 0.382 e. The second-order valence-electron chi connectivity index (χ2n) is 4.22. The minimum atomic E-state index is -3.31. The fourth-order valence-electron chi connectivity index (χ4n) is 1.34. The van der Waals surface area contributed by atoms with Gasteiger partial charge < -0.3 is 14.8 Å². The van der Waals surface area contributed by atoms with Crippen molar-refractivity contribution in [2.45, 2.75) is 31.6 Å². The normalized spacial score (nSPS) is 15.6. The Morgan fingerprint density at radius 2 is 1.89 bits per heavy atom. The van der Waals surface area contributed by atoms with Gasteiger partial charge in [0, 0.05) is 27.3 Å². The first-order valence-corrected chi connectivity index (χ1v) is 7.73. The first kappa shape index (κ1) is 17.8. The first-order valence-electron chi connectivity index (χ1n) is 6.18. The van der Waals surface area contributed by atoms with Crippen LogP contribution in [0.25, 0.3) is 0 Å². The van der Waals surface area contributed by atoms with Crippen molar-refractivity contribution in [2.24, 2.45) is 0 Å². The number of hydrogen-bond donors (Lipinski definition) is 2. The highest BCUT2D eigenvalue weighted by molar-refractivity contribution is 7.90. The summed E-state index contributed by atoms with van der Waals surface area (Å²) in [5.74, 6) is 0. The van der Waals surface area contributed by atoms with Crippen molar-refractivity contribution in [1.29, 1.82) is 0 Å². The molecule has 0 aromatic carbocycles. The molecule has 2 atom stereocenters. The predicted molar refractivity (Wildman–Crippen MR) is 72.2 cm³/mol. The van der Waals surface area contributed by atoms with Crippen LogP contribution in [0.2, 0.25) is 0 Å². The van der Waals surface area contributed by atoms with Gasteiger partial charge in [-0.3, -0.25) is 0 Å². The Kier molecular flexibility index (Phi) is 9.57. The second kappa shape index (κ2) is 9.69. The van der Waals surface area contributed by atoms with Gasteiger partial charge in [0.05, 0.1) is 18.0 Å². The molecule has 6 nitrogen and oxygen atoms in total. The van der Waals surface area contributed by atoms with E-state index in [9.17, 15) is 8.42 Å². The van der Waals surface area contributed by atoms with Gasteiger partial charge >= 0.3 is 0 Å². The highest BCUT2D eigenvalue weighted by Crippen LogP contribution is 1.98. The molecule has 0 aliphatic rings. The minimum absolute atomic E-state index is 0.227. The van der Waals surface area contributed by atoms with Gasteiger partial charge in [-0.05, 0) is 19.9 Å². The van der Waals surface area contributed by atoms with E-state index in [2.05, 4.69) is 10.0 Å². The zero-order valence-corrected chi connectivity index (χ0v) is 12.5. The molecule has 0 aromatic rings. The highest BCUT2D eigenvalue weighted by Gasteiger charge is 2.21. The first-order chi connectivity index (χ1) is 8.47. The molecule has 7 heteroatoms. The quantitative estimate of drug-likeness (QED) is 0.520. The van der Waals surface area contributed by atoms with E-state index in [1.807, 2.05) is 6.92 Å². The number of rotatable bonds is 11. The topological polar surface area (TPSA) is 76.7 Å². The molecule has 2 unspecified atom stereocenters. The third-order valence-corrected chi connectivity index (χ3v) is 4.38. The molecule has 0 aliphatic heterocycles. The summed E-state index contributed by atoms with van der Waals surface area (Å²) < 4.78 is 36.4. The van der Waals surface area contributed by atoms with E-state index in [0.717, 1.165) is 13.0 Å². The van der Waals surface area contributed by atoms with Gasteiger partial charge in [0.1, 0.15) is 0 Å². The van der Waals surface area contributed by atoms with Crippen LogP contribution in [0.5, 0.6) is 0 Å². The molecule has 18 heavy (non-hydrogen) atoms. The molecule has 2 N–H and O–H groups in total. The van der Waals surface area contributed by atoms with Crippen molar-refractivity contribution in [2.75, 3.05) is 40.5 Å². The maximum atomic E-state index is 11.9. The fourth-order valence-corrected chi connectivity index (χ4v) is 2.38. The minimum Gasteiger partial charge on any atom is -0.382 e. The number of ether oxygens (including phenoxy) is 2. The summed E-state index contributed by atoms with van der Waals surface area (Å²) in [6, 6.07) is 0. The maximum absolute atomic E-state index is 11.9. The average Bonchev–Trinajstić information content (AvgIpc) is 2.34. The number of hydrogen-bond acceptors (Lipinski definition) is 5. The Bertz CT molecular complexity index is 295. The third kappa shape index (κ3) is 7.27. The summed E-state index contributed by atoms with van der Waals surface area (Å²) in [5, 5.41) is 2.62. The van der Waals surface area contributed by atoms with Crippen molar-refractivity contribution >= 4 is 10.0 Å². The maximum Gasteiger partial charge on any atom is 0.215 e. The van der Waals surface area contributed by atoms with Crippen LogP contribution < -0.4 is 10.0 Å². The van der Waals surface area contributed by atoms with Crippen molar-refractivity contribution in [3.8, 4) is 0 Å². The molecular weight excluding hydrogens is 256 g/mol. The van der Waals surface area contributed by atoms with Gasteiger partial charge in [-0.1, -0.05) is 6.92 Å². The number of nitrogens with one attached hydrogen (secondary N) is 2. The van der Waals surface area contributed by atoms with Crippen LogP contribution in [-0.4, -0.2) is 60.2 Å². The number of sulfonamides is 1. The van der Waals surface area contributed by atoms with Crippen LogP contribution in [-0.2, 0) is 19.5 Å². The van der Waals surface area contributed by atoms with Crippen molar-refractivity contribution < 1.29 is 17.9 Å². The zero-order valence-electron chi connectivity index (χ0n) is 11.7. The van der Waals surface area contributed by atoms with Gasteiger partial charge in [-0.15, -0.1) is 0 Å². The van der Waals surface area contributed by atoms with Crippen molar-refractivity contribution in [1.82, 2.24) is 10.0 Å². The fraction of sp³-hybridized carbons (Fsp3) is 1.00. The standard InChI is InChI=1S/C11H26N2O4S/c1-5-6-12-7-10(2)18(14,15)13-8-11(17-4)9-16-3/h10-13H,5-9H2,1-4H3. The smallest absolute Gasteiger partial charge is 0.215 e. The monoisotopic (exact) mass is 282 g/mol. The molecule has 110 valence electrons. The van der Waals surface area contributed by atoms with Gasteiger partial charge in [0.2, 0.25) is 10.0 Å². The van der Waals surface area contributed by atoms with Gasteiger partial charge in [-0.2, -0.15) is 0 Å². The second-order valence-corrected chi connectivity index (χ2v) is 6.40. The highest BCUT2D eigenvalue weighted by atomic mass is 32.2. The zero-order chi connectivity index (χ0) is 14.0. The third-order valence-electron chi connectivity index (χ3n) is 2.59. The van der Waals surface area contributed by atoms with E-state index in [4.69, 9.17) is 9.47 Å². The summed E-state index contributed by atoms with van der Waals surface area (Å²) in [7, 11) is -0.227. The lowest BCUT2D eigenvalue weighted by molar-refractivity contribution is 0.0319. The van der Waals surface area contributed by atoms with Gasteiger partial charge in [0.15, 0.2) is 0 Å². The van der Waals surface area contributed by atoms with Crippen LogP contribution in [0.4, 0.5) is 0 Å². The molecular formula is C11H26N2O4S. The van der Waals surface area contributed by atoms with Crippen LogP contribution in [0.3, 0.4) is 0 Å². The van der Waals surface area contributed by atoms with Gasteiger partial charge in [0.25, 0.3) is 0 Å². The Morgan fingerprint density at radius 3 is 2.39 bits per heavy atom. The van der Waals surface area contributed by atoms with Crippen LogP contribution >= 0.6 is 0 Å². The van der Waals surface area contributed by atoms with Gasteiger partial charge in [-0.25, -0.2) is 13.1 Å². The Morgan fingerprint density at radius 1 is 1.22 bits per heavy atom. The Hall–Kier alpha value is -0.210. The lowest BCUT2D eigenvalue weighted by Gasteiger charge is -2.18. The van der Waals surface area contributed by atoms with E-state index >= 15 is 0 Å². The molecule has 0 spiro atoms. The molecule has 0 fully saturated rings. The molecule has 0 saturated carbocycles. The van der Waals surface area contributed by atoms with Crippen LogP contribution in [0.15, 0.2) is 0 Å². The van der Waals surface area contributed by atoms with Crippen molar-refractivity contribution in [3.05, 3.63) is 0 Å². The molecule has 0 bridgehead atoms. The predicted octanol–water partition coefficient (Wildman–Crippen LogP) is -0.0447. The summed E-state index contributed by atoms with van der Waals surface area (Å²) in [6.45, 7) is 5.59. The summed E-state index contributed by atoms with van der Waals surface area (Å²) in [6.07, 6.45) is 0.723. The van der Waals surface area contributed by atoms with E-state index < -0.39 is 15.3 Å². The molecule has 0 rings (SSSR count). The Balaban J connectivity index is 4.12. The molecule has 0 aromatic heterocycles. The molecule has 0 heterocycles. The summed E-state index contributed by atoms with van der Waals surface area (Å²) in [4.78, 5) is 0. The van der Waals surface area contributed by atoms with E-state index in [1.54, 1.807) is 14.0 Å². The average molecular weight is 282 g/mol. The lowest BCUT2D eigenvalue weighted by atomic mass is 10.4. The number of methoxy groups -OCH3 is 2. The van der Waals surface area contributed by atoms with Crippen LogP contribution in [0, 0.1) is 0 Å². The summed E-state index contributed by atoms with van der Waals surface area (Å²) >= 11 is 0. The van der Waals surface area contributed by atoms with Crippen molar-refractivity contribution in [3.63, 3.8) is 0 Å². The van der Waals surface area contributed by atoms with E-state index in [1.165, 1.54) is 7.11 Å². The molecule has 0 saturated heterocycles. The SMILES string of the molecule is CCCNCC(C)S(=O)(=O)NCC(COC)OC. The molecule has 0 aliphatic carbocycles. The summed E-state index contributed by atoms with van der Waals surface area (Å²) in [5.41, 5.74) is 0.